The maximum atomic E-state index is 13.8. The summed E-state index contributed by atoms with van der Waals surface area (Å²) in [5.74, 6) is -0.287. The summed E-state index contributed by atoms with van der Waals surface area (Å²) >= 11 is 0. The topological polar surface area (TPSA) is 83.6 Å². The molecule has 8 heteroatoms. The van der Waals surface area contributed by atoms with Gasteiger partial charge in [0.2, 0.25) is 0 Å². The summed E-state index contributed by atoms with van der Waals surface area (Å²) in [6.07, 6.45) is 1.56. The number of fused-ring (bicyclic) bond motifs is 4. The number of nitrogens with zero attached hydrogens (tertiary/aromatic N) is 4. The number of carbonyl (C=O) groups excluding carboxylic acids is 1. The molecule has 0 atom stereocenters. The van der Waals surface area contributed by atoms with Crippen LogP contribution in [0.1, 0.15) is 15.9 Å². The summed E-state index contributed by atoms with van der Waals surface area (Å²) in [5.41, 5.74) is 5.39. The van der Waals surface area contributed by atoms with E-state index >= 15 is 0 Å². The highest BCUT2D eigenvalue weighted by Crippen LogP contribution is 2.31. The number of hydrogen-bond acceptors (Lipinski definition) is 6. The predicted octanol–water partition coefficient (Wildman–Crippen LogP) is 5.60. The van der Waals surface area contributed by atoms with E-state index in [4.69, 9.17) is 4.42 Å². The van der Waals surface area contributed by atoms with Gasteiger partial charge >= 0.3 is 0 Å². The second-order valence-electron chi connectivity index (χ2n) is 10.6. The van der Waals surface area contributed by atoms with E-state index in [1.807, 2.05) is 79.7 Å². The highest BCUT2D eigenvalue weighted by Gasteiger charge is 2.18. The quantitative estimate of drug-likeness (QED) is 0.312. The number of amides is 1. The average Bonchev–Trinajstić information content (AvgIpc) is 3.38. The number of benzene rings is 4. The smallest absolute Gasteiger partial charge is 0.265 e. The monoisotopic (exact) mass is 543 g/mol. The van der Waals surface area contributed by atoms with Gasteiger partial charge in [0, 0.05) is 48.3 Å². The van der Waals surface area contributed by atoms with Crippen LogP contribution in [-0.2, 0) is 0 Å². The minimum atomic E-state index is -0.287. The Bertz CT molecular complexity index is 2020. The fourth-order valence-electron chi connectivity index (χ4n) is 5.61. The molecular formula is C33H29N5O3. The van der Waals surface area contributed by atoms with Crippen LogP contribution in [0.4, 0.5) is 11.4 Å². The van der Waals surface area contributed by atoms with Crippen molar-refractivity contribution in [2.45, 2.75) is 6.92 Å². The number of carbonyl (C=O) groups is 1. The number of aryl methyl sites for hydroxylation is 1. The van der Waals surface area contributed by atoms with Gasteiger partial charge in [0.05, 0.1) is 22.2 Å². The average molecular weight is 544 g/mol. The first-order chi connectivity index (χ1) is 20.0. The van der Waals surface area contributed by atoms with Gasteiger partial charge in [-0.2, -0.15) is 0 Å². The molecular weight excluding hydrogens is 514 g/mol. The molecule has 3 heterocycles. The minimum Gasteiger partial charge on any atom is -0.455 e. The molecule has 0 bridgehead atoms. The molecule has 0 spiro atoms. The van der Waals surface area contributed by atoms with E-state index in [9.17, 15) is 9.59 Å². The Morgan fingerprint density at radius 3 is 2.54 bits per heavy atom. The SMILES string of the molecule is Cc1ccc(NC(=O)c2cccc3c2oc2ccccc23)cc1-n1cnc2ccc(N3CCN(C)CC3)cc2c1=O. The molecule has 1 aliphatic heterocycles. The van der Waals surface area contributed by atoms with Gasteiger partial charge in [-0.1, -0.05) is 36.4 Å². The molecule has 204 valence electrons. The van der Waals surface area contributed by atoms with Gasteiger partial charge in [-0.3, -0.25) is 14.2 Å². The van der Waals surface area contributed by atoms with Crippen LogP contribution in [0.15, 0.2) is 94.4 Å². The van der Waals surface area contributed by atoms with Crippen LogP contribution >= 0.6 is 0 Å². The number of anilines is 2. The van der Waals surface area contributed by atoms with Crippen LogP contribution in [0.3, 0.4) is 0 Å². The summed E-state index contributed by atoms with van der Waals surface area (Å²) in [5, 5.41) is 5.42. The normalized spacial score (nSPS) is 14.2. The Morgan fingerprint density at radius 1 is 0.878 bits per heavy atom. The van der Waals surface area contributed by atoms with E-state index < -0.39 is 0 Å². The van der Waals surface area contributed by atoms with Crippen molar-refractivity contribution in [1.29, 1.82) is 0 Å². The lowest BCUT2D eigenvalue weighted by Gasteiger charge is -2.34. The third-order valence-electron chi connectivity index (χ3n) is 7.99. The van der Waals surface area contributed by atoms with E-state index in [-0.39, 0.29) is 11.5 Å². The van der Waals surface area contributed by atoms with E-state index in [2.05, 4.69) is 27.1 Å². The Kier molecular flexibility index (Phi) is 6.05. The van der Waals surface area contributed by atoms with Crippen molar-refractivity contribution in [2.75, 3.05) is 43.4 Å². The Balaban J connectivity index is 1.23. The first-order valence-electron chi connectivity index (χ1n) is 13.7. The molecule has 2 aromatic heterocycles. The molecule has 41 heavy (non-hydrogen) atoms. The lowest BCUT2D eigenvalue weighted by atomic mass is 10.1. The van der Waals surface area contributed by atoms with Crippen LogP contribution < -0.4 is 15.8 Å². The maximum absolute atomic E-state index is 13.8. The summed E-state index contributed by atoms with van der Waals surface area (Å²) in [6, 6.07) is 24.7. The highest BCUT2D eigenvalue weighted by molar-refractivity contribution is 6.16. The lowest BCUT2D eigenvalue weighted by molar-refractivity contribution is 0.102. The molecule has 1 fully saturated rings. The van der Waals surface area contributed by atoms with Crippen LogP contribution in [0.5, 0.6) is 0 Å². The largest absolute Gasteiger partial charge is 0.455 e. The second-order valence-corrected chi connectivity index (χ2v) is 10.6. The minimum absolute atomic E-state index is 0.149. The van der Waals surface area contributed by atoms with Gasteiger partial charge < -0.3 is 19.5 Å². The summed E-state index contributed by atoms with van der Waals surface area (Å²) in [6.45, 7) is 5.74. The zero-order chi connectivity index (χ0) is 28.1. The molecule has 4 aromatic carbocycles. The number of furan rings is 1. The van der Waals surface area contributed by atoms with Crippen molar-refractivity contribution in [3.8, 4) is 5.69 Å². The summed E-state index contributed by atoms with van der Waals surface area (Å²) in [4.78, 5) is 36.4. The first kappa shape index (κ1) is 25.0. The summed E-state index contributed by atoms with van der Waals surface area (Å²) < 4.78 is 7.61. The first-order valence-corrected chi connectivity index (χ1v) is 13.7. The van der Waals surface area contributed by atoms with E-state index in [1.165, 1.54) is 0 Å². The maximum Gasteiger partial charge on any atom is 0.265 e. The Morgan fingerprint density at radius 2 is 1.68 bits per heavy atom. The standard InChI is InChI=1S/C33H29N5O3/c1-21-10-11-22(35-32(39)26-8-5-7-25-24-6-3-4-9-30(24)41-31(25)26)18-29(21)38-20-34-28-13-12-23(19-27(28)33(38)40)37-16-14-36(2)15-17-37/h3-13,18-20H,14-17H2,1-2H3,(H,35,39). The Labute approximate surface area is 236 Å². The second kappa shape index (κ2) is 9.91. The van der Waals surface area contributed by atoms with Gasteiger partial charge in [0.25, 0.3) is 11.5 Å². The zero-order valence-electron chi connectivity index (χ0n) is 22.9. The lowest BCUT2D eigenvalue weighted by Crippen LogP contribution is -2.44. The zero-order valence-corrected chi connectivity index (χ0v) is 22.9. The number of aromatic nitrogens is 2. The van der Waals surface area contributed by atoms with Crippen molar-refractivity contribution in [2.24, 2.45) is 0 Å². The number of hydrogen-bond donors (Lipinski definition) is 1. The van der Waals surface area contributed by atoms with Gasteiger partial charge in [-0.25, -0.2) is 4.98 Å². The fraction of sp³-hybridized carbons (Fsp3) is 0.182. The number of para-hydroxylation sites is 2. The highest BCUT2D eigenvalue weighted by atomic mass is 16.3. The number of piperazine rings is 1. The van der Waals surface area contributed by atoms with Crippen molar-refractivity contribution in [3.63, 3.8) is 0 Å². The third kappa shape index (κ3) is 4.42. The summed E-state index contributed by atoms with van der Waals surface area (Å²) in [7, 11) is 2.12. The molecule has 1 N–H and O–H groups in total. The third-order valence-corrected chi connectivity index (χ3v) is 7.99. The number of nitrogens with one attached hydrogen (secondary N) is 1. The molecule has 0 aliphatic carbocycles. The van der Waals surface area contributed by atoms with Crippen LogP contribution in [0.2, 0.25) is 0 Å². The van der Waals surface area contributed by atoms with Gasteiger partial charge in [0.1, 0.15) is 17.5 Å². The number of likely N-dealkylation sites (N-methyl/N-ethyl adjacent to an activating group) is 1. The number of rotatable bonds is 4. The molecule has 1 amide bonds. The Hall–Kier alpha value is -4.95. The molecule has 7 rings (SSSR count). The molecule has 0 radical (unpaired) electrons. The van der Waals surface area contributed by atoms with E-state index in [0.29, 0.717) is 33.4 Å². The van der Waals surface area contributed by atoms with Crippen LogP contribution in [0, 0.1) is 6.92 Å². The fourth-order valence-corrected chi connectivity index (χ4v) is 5.61. The predicted molar refractivity (Wildman–Crippen MR) is 163 cm³/mol. The van der Waals surface area contributed by atoms with Gasteiger partial charge in [-0.05, 0) is 62.0 Å². The molecule has 1 saturated heterocycles. The van der Waals surface area contributed by atoms with Gasteiger partial charge in [0.15, 0.2) is 0 Å². The van der Waals surface area contributed by atoms with Gasteiger partial charge in [-0.15, -0.1) is 0 Å². The van der Waals surface area contributed by atoms with E-state index in [1.54, 1.807) is 17.0 Å². The van der Waals surface area contributed by atoms with Crippen molar-refractivity contribution >= 4 is 50.1 Å². The molecule has 1 aliphatic rings. The van der Waals surface area contributed by atoms with E-state index in [0.717, 1.165) is 53.8 Å². The van der Waals surface area contributed by atoms with Crippen LogP contribution in [-0.4, -0.2) is 53.6 Å². The molecule has 6 aromatic rings. The molecule has 0 saturated carbocycles. The van der Waals surface area contributed by atoms with Crippen molar-refractivity contribution < 1.29 is 9.21 Å². The molecule has 0 unspecified atom stereocenters. The molecule has 8 nitrogen and oxygen atoms in total. The van der Waals surface area contributed by atoms with Crippen molar-refractivity contribution in [3.05, 3.63) is 107 Å². The van der Waals surface area contributed by atoms with Crippen molar-refractivity contribution in [1.82, 2.24) is 14.5 Å². The van der Waals surface area contributed by atoms with Crippen LogP contribution in [0.25, 0.3) is 38.5 Å².